The van der Waals surface area contributed by atoms with Crippen LogP contribution in [0.5, 0.6) is 11.5 Å². The molecule has 2 aromatic heterocycles. The molecular formula is C53H66N7O7PSSi. The fourth-order valence-electron chi connectivity index (χ4n) is 8.41. The van der Waals surface area contributed by atoms with Crippen LogP contribution in [0.15, 0.2) is 122 Å². The van der Waals surface area contributed by atoms with Crippen molar-refractivity contribution in [1.82, 2.24) is 24.2 Å². The highest BCUT2D eigenvalue weighted by Gasteiger charge is 2.54. The van der Waals surface area contributed by atoms with Crippen molar-refractivity contribution in [3.8, 4) is 17.6 Å². The Balaban J connectivity index is 1.41. The van der Waals surface area contributed by atoms with E-state index < -0.39 is 40.0 Å². The molecule has 4 aromatic carbocycles. The number of hydrogen-bond acceptors (Lipinski definition) is 13. The summed E-state index contributed by atoms with van der Waals surface area (Å²) in [4.78, 5) is 27.6. The van der Waals surface area contributed by atoms with E-state index in [0.29, 0.717) is 22.5 Å². The molecular weight excluding hydrogens is 938 g/mol. The van der Waals surface area contributed by atoms with E-state index in [2.05, 4.69) is 119 Å². The van der Waals surface area contributed by atoms with Crippen LogP contribution in [0.2, 0.25) is 18.1 Å². The molecule has 5 atom stereocenters. The van der Waals surface area contributed by atoms with Crippen LogP contribution >= 0.6 is 20.3 Å². The maximum atomic E-state index is 13.5. The van der Waals surface area contributed by atoms with Gasteiger partial charge in [-0.05, 0) is 98.9 Å². The molecule has 1 aliphatic heterocycles. The van der Waals surface area contributed by atoms with Crippen molar-refractivity contribution in [2.75, 3.05) is 32.8 Å². The first-order valence-corrected chi connectivity index (χ1v) is 28.6. The van der Waals surface area contributed by atoms with Gasteiger partial charge in [0.05, 0.1) is 51.5 Å². The lowest BCUT2D eigenvalue weighted by atomic mass is 9.80. The molecule has 0 radical (unpaired) electrons. The maximum Gasteiger partial charge on any atom is 0.259 e. The summed E-state index contributed by atoms with van der Waals surface area (Å²) in [7, 11) is -1.03. The standard InChI is InChI=1S/C53H66N7O7PSSi/c1-36(2)60(37(3)4)68(65-32-18-31-54)66-46-44(33-64-53(39-21-16-13-17-22-39,40-23-27-42(62-8)28-24-40)41-25-29-43(63-9)30-26-41)69-51(47(46)67-70(10,11)52(5,6)7)59-35-57-45-48(55-34-56-49(45)59)58-50(61)38-19-14-12-15-20-38/h12-17,19-30,34-37,44,46-47,51H,18,32-33H2,1-11H3,(H,55,56,58,61)/t44-,46-,47-,51-,68?/m1/s1. The van der Waals surface area contributed by atoms with Crippen LogP contribution in [-0.4, -0.2) is 95.4 Å². The van der Waals surface area contributed by atoms with E-state index in [-0.39, 0.29) is 47.9 Å². The molecule has 1 amide bonds. The molecule has 1 fully saturated rings. The molecule has 0 bridgehead atoms. The number of carbonyl (C=O) groups is 1. The van der Waals surface area contributed by atoms with Crippen LogP contribution < -0.4 is 14.8 Å². The Morgan fingerprint density at radius 2 is 1.40 bits per heavy atom. The quantitative estimate of drug-likeness (QED) is 0.0315. The normalized spacial score (nSPS) is 18.1. The first kappa shape index (κ1) is 52.6. The van der Waals surface area contributed by atoms with Gasteiger partial charge in [0.25, 0.3) is 14.4 Å². The summed E-state index contributed by atoms with van der Waals surface area (Å²) in [6.07, 6.45) is 2.18. The Kier molecular flexibility index (Phi) is 17.2. The second-order valence-corrected chi connectivity index (χ2v) is 26.7. The van der Waals surface area contributed by atoms with Crippen molar-refractivity contribution in [2.24, 2.45) is 0 Å². The molecule has 14 nitrogen and oxygen atoms in total. The van der Waals surface area contributed by atoms with Gasteiger partial charge in [0, 0.05) is 17.6 Å². The van der Waals surface area contributed by atoms with E-state index in [1.807, 2.05) is 65.2 Å². The van der Waals surface area contributed by atoms with E-state index in [1.54, 1.807) is 44.4 Å². The molecule has 0 spiro atoms. The van der Waals surface area contributed by atoms with Gasteiger partial charge in [-0.3, -0.25) is 9.36 Å². The molecule has 370 valence electrons. The number of amides is 1. The summed E-state index contributed by atoms with van der Waals surface area (Å²) in [5, 5.41) is 11.6. The van der Waals surface area contributed by atoms with Crippen molar-refractivity contribution in [3.63, 3.8) is 0 Å². The van der Waals surface area contributed by atoms with E-state index in [0.717, 1.165) is 28.2 Å². The number of anilines is 1. The van der Waals surface area contributed by atoms with Crippen LogP contribution in [0, 0.1) is 11.3 Å². The Labute approximate surface area is 419 Å². The number of nitriles is 1. The average Bonchev–Trinajstić information content (AvgIpc) is 3.93. The molecule has 17 heteroatoms. The molecule has 0 saturated carbocycles. The number of imidazole rings is 1. The summed E-state index contributed by atoms with van der Waals surface area (Å²) < 4.78 is 45.1. The van der Waals surface area contributed by atoms with E-state index >= 15 is 0 Å². The Hall–Kier alpha value is -5.21. The number of ether oxygens (including phenoxy) is 3. The van der Waals surface area contributed by atoms with Gasteiger partial charge in [-0.25, -0.2) is 19.6 Å². The molecule has 1 N–H and O–H groups in total. The lowest BCUT2D eigenvalue weighted by molar-refractivity contribution is -0.0202. The van der Waals surface area contributed by atoms with Crippen LogP contribution in [0.3, 0.4) is 0 Å². The SMILES string of the molecule is COc1ccc(C(OC[C@H]2S[C@@H](n3cnc4c(NC(=O)c5ccccc5)ncnc43)[C@H](O[Si](C)(C)C(C)(C)C)[C@@H]2OP(OCCC#N)N(C(C)C)C(C)C)(c2ccccc2)c2ccc(OC)cc2)cc1. The van der Waals surface area contributed by atoms with Gasteiger partial charge in [-0.2, -0.15) is 5.26 Å². The highest BCUT2D eigenvalue weighted by molar-refractivity contribution is 8.00. The number of rotatable bonds is 21. The van der Waals surface area contributed by atoms with Gasteiger partial charge in [0.15, 0.2) is 25.3 Å². The predicted molar refractivity (Wildman–Crippen MR) is 281 cm³/mol. The summed E-state index contributed by atoms with van der Waals surface area (Å²) in [6, 6.07) is 37.6. The Bertz CT molecular complexity index is 2630. The van der Waals surface area contributed by atoms with E-state index in [4.69, 9.17) is 37.7 Å². The molecule has 1 aliphatic rings. The number of aromatic nitrogens is 4. The second-order valence-electron chi connectivity index (χ2n) is 19.2. The molecule has 7 rings (SSSR count). The van der Waals surface area contributed by atoms with Gasteiger partial charge in [-0.15, -0.1) is 11.8 Å². The number of nitrogens with zero attached hydrogens (tertiary/aromatic N) is 6. The number of methoxy groups -OCH3 is 2. The first-order chi connectivity index (χ1) is 33.5. The molecule has 0 aliphatic carbocycles. The van der Waals surface area contributed by atoms with Crippen LogP contribution in [0.4, 0.5) is 5.82 Å². The van der Waals surface area contributed by atoms with Crippen molar-refractivity contribution in [3.05, 3.63) is 144 Å². The molecule has 6 aromatic rings. The minimum absolute atomic E-state index is 0.0437. The van der Waals surface area contributed by atoms with Crippen molar-refractivity contribution < 1.29 is 32.5 Å². The van der Waals surface area contributed by atoms with E-state index in [1.165, 1.54) is 6.33 Å². The summed E-state index contributed by atoms with van der Waals surface area (Å²) in [5.74, 6) is 1.42. The fourth-order valence-corrected chi connectivity index (χ4v) is 13.2. The second kappa shape index (κ2) is 22.9. The summed E-state index contributed by atoms with van der Waals surface area (Å²) in [5.41, 5.74) is 3.03. The van der Waals surface area contributed by atoms with Gasteiger partial charge in [0.2, 0.25) is 0 Å². The minimum atomic E-state index is -2.59. The van der Waals surface area contributed by atoms with Gasteiger partial charge in [-0.1, -0.05) is 93.6 Å². The lowest BCUT2D eigenvalue weighted by Gasteiger charge is -2.43. The Morgan fingerprint density at radius 3 is 1.94 bits per heavy atom. The van der Waals surface area contributed by atoms with Crippen LogP contribution in [0.1, 0.15) is 87.3 Å². The highest BCUT2D eigenvalue weighted by atomic mass is 32.2. The van der Waals surface area contributed by atoms with Gasteiger partial charge < -0.3 is 33.0 Å². The maximum absolute atomic E-state index is 13.5. The van der Waals surface area contributed by atoms with Crippen LogP contribution in [0.25, 0.3) is 11.2 Å². The van der Waals surface area contributed by atoms with Gasteiger partial charge >= 0.3 is 0 Å². The highest BCUT2D eigenvalue weighted by Crippen LogP contribution is 2.56. The molecule has 1 unspecified atom stereocenters. The number of fused-ring (bicyclic) bond motifs is 1. The molecule has 1 saturated heterocycles. The zero-order valence-electron chi connectivity index (χ0n) is 42.0. The zero-order chi connectivity index (χ0) is 50.2. The average molecular weight is 1000 g/mol. The van der Waals surface area contributed by atoms with Crippen molar-refractivity contribution in [1.29, 1.82) is 5.26 Å². The largest absolute Gasteiger partial charge is 0.497 e. The first-order valence-electron chi connectivity index (χ1n) is 23.6. The number of hydrogen-bond donors (Lipinski definition) is 1. The lowest BCUT2D eigenvalue weighted by Crippen LogP contribution is -2.50. The number of thioether (sulfide) groups is 1. The van der Waals surface area contributed by atoms with Crippen LogP contribution in [-0.2, 0) is 23.8 Å². The third-order valence-corrected chi connectivity index (χ3v) is 21.1. The smallest absolute Gasteiger partial charge is 0.259 e. The summed E-state index contributed by atoms with van der Waals surface area (Å²) in [6.45, 7) is 20.1. The Morgan fingerprint density at radius 1 is 0.829 bits per heavy atom. The van der Waals surface area contributed by atoms with Crippen molar-refractivity contribution >= 4 is 51.5 Å². The topological polar surface area (TPSA) is 155 Å². The third-order valence-electron chi connectivity index (χ3n) is 12.9. The number of nitrogens with one attached hydrogen (secondary N) is 1. The fraction of sp³-hybridized carbons (Fsp3) is 0.415. The van der Waals surface area contributed by atoms with Gasteiger partial charge in [0.1, 0.15) is 41.0 Å². The monoisotopic (exact) mass is 1000 g/mol. The minimum Gasteiger partial charge on any atom is -0.497 e. The summed E-state index contributed by atoms with van der Waals surface area (Å²) >= 11 is 1.67. The number of carbonyl (C=O) groups excluding carboxylic acids is 1. The molecule has 70 heavy (non-hydrogen) atoms. The predicted octanol–water partition coefficient (Wildman–Crippen LogP) is 11.8. The van der Waals surface area contributed by atoms with Crippen molar-refractivity contribution in [2.45, 2.75) is 114 Å². The zero-order valence-corrected chi connectivity index (χ0v) is 44.7. The third kappa shape index (κ3) is 11.4. The molecule has 3 heterocycles. The van der Waals surface area contributed by atoms with E-state index in [9.17, 15) is 10.1 Å². The number of benzene rings is 4.